The van der Waals surface area contributed by atoms with E-state index in [0.717, 1.165) is 22.4 Å². The molecule has 0 atom stereocenters. The Labute approximate surface area is 238 Å². The summed E-state index contributed by atoms with van der Waals surface area (Å²) in [4.78, 5) is 24.4. The molecule has 2 amide bonds. The molecule has 0 radical (unpaired) electrons. The molecular weight excluding hydrogens is 537 g/mol. The normalized spacial score (nSPS) is 10.8. The number of hydrogen-bond donors (Lipinski definition) is 2. The van der Waals surface area contributed by atoms with Gasteiger partial charge in [0.2, 0.25) is 11.8 Å². The van der Waals surface area contributed by atoms with Gasteiger partial charge in [-0.05, 0) is 61.7 Å². The summed E-state index contributed by atoms with van der Waals surface area (Å²) < 4.78 is 12.0. The number of carbonyl (C=O) groups excluding carboxylic acids is 2. The van der Waals surface area contributed by atoms with Crippen molar-refractivity contribution in [3.05, 3.63) is 99.6 Å². The quantitative estimate of drug-likeness (QED) is 0.134. The van der Waals surface area contributed by atoms with Crippen LogP contribution in [-0.2, 0) is 22.6 Å². The minimum absolute atomic E-state index is 0.000992. The van der Waals surface area contributed by atoms with E-state index in [-0.39, 0.29) is 31.3 Å². The molecule has 0 spiro atoms. The largest absolute Gasteiger partial charge is 0.490 e. The maximum atomic E-state index is 12.2. The van der Waals surface area contributed by atoms with Crippen molar-refractivity contribution in [2.24, 2.45) is 5.10 Å². The number of nitrogens with zero attached hydrogens (tertiary/aromatic N) is 1. The molecule has 0 saturated carbocycles. The third-order valence-electron chi connectivity index (χ3n) is 5.61. The van der Waals surface area contributed by atoms with E-state index in [1.54, 1.807) is 24.3 Å². The van der Waals surface area contributed by atoms with Crippen LogP contribution in [0.15, 0.2) is 72.4 Å². The summed E-state index contributed by atoms with van der Waals surface area (Å²) in [6.45, 7) is 8.27. The maximum Gasteiger partial charge on any atom is 0.240 e. The molecule has 0 aliphatic heterocycles. The Kier molecular flexibility index (Phi) is 11.4. The molecule has 3 aromatic rings. The minimum Gasteiger partial charge on any atom is -0.490 e. The molecule has 2 N–H and O–H groups in total. The van der Waals surface area contributed by atoms with E-state index in [4.69, 9.17) is 32.7 Å². The van der Waals surface area contributed by atoms with E-state index in [1.165, 1.54) is 6.21 Å². The molecule has 0 fully saturated rings. The molecular formula is C30H31Cl2N3O4. The fourth-order valence-electron chi connectivity index (χ4n) is 3.67. The first kappa shape index (κ1) is 29.7. The third kappa shape index (κ3) is 9.16. The van der Waals surface area contributed by atoms with Crippen molar-refractivity contribution in [1.82, 2.24) is 5.43 Å². The molecule has 0 bridgehead atoms. The van der Waals surface area contributed by atoms with Gasteiger partial charge < -0.3 is 14.8 Å². The van der Waals surface area contributed by atoms with Crippen LogP contribution in [0.3, 0.4) is 0 Å². The summed E-state index contributed by atoms with van der Waals surface area (Å²) in [6.07, 6.45) is 3.84. The lowest BCUT2D eigenvalue weighted by Crippen LogP contribution is -2.20. The van der Waals surface area contributed by atoms with E-state index < -0.39 is 0 Å². The van der Waals surface area contributed by atoms with Crippen molar-refractivity contribution in [2.75, 3.05) is 11.9 Å². The first-order chi connectivity index (χ1) is 18.8. The standard InChI is InChI=1S/C30H31Cl2N3O4/c1-4-8-22-15-21(16-27(38-5-2)30(22)39-19-23-11-12-24(31)17-25(23)32)18-33-35-29(37)14-13-28(36)34-26-10-7-6-9-20(26)3/h4,6-7,9-12,15-18H,1,5,8,13-14,19H2,2-3H3,(H,34,36)(H,35,37). The summed E-state index contributed by atoms with van der Waals surface area (Å²) in [7, 11) is 0. The smallest absolute Gasteiger partial charge is 0.240 e. The number of ether oxygens (including phenoxy) is 2. The summed E-state index contributed by atoms with van der Waals surface area (Å²) in [5.74, 6) is 0.489. The molecule has 0 aromatic heterocycles. The number of halogens is 2. The van der Waals surface area contributed by atoms with Gasteiger partial charge in [-0.25, -0.2) is 5.43 Å². The fraction of sp³-hybridized carbons (Fsp3) is 0.233. The van der Waals surface area contributed by atoms with Crippen molar-refractivity contribution >= 4 is 46.9 Å². The van der Waals surface area contributed by atoms with Crippen LogP contribution in [0.4, 0.5) is 5.69 Å². The number of carbonyl (C=O) groups is 2. The number of amides is 2. The second-order valence-electron chi connectivity index (χ2n) is 8.61. The van der Waals surface area contributed by atoms with Crippen LogP contribution in [0.2, 0.25) is 10.0 Å². The summed E-state index contributed by atoms with van der Waals surface area (Å²) in [6, 6.07) is 16.4. The third-order valence-corrected chi connectivity index (χ3v) is 6.19. The molecule has 3 aromatic carbocycles. The lowest BCUT2D eigenvalue weighted by atomic mass is 10.1. The minimum atomic E-state index is -0.373. The SMILES string of the molecule is C=CCc1cc(C=NNC(=O)CCC(=O)Nc2ccccc2C)cc(OCC)c1OCc1ccc(Cl)cc1Cl. The molecule has 0 unspecified atom stereocenters. The van der Waals surface area contributed by atoms with Gasteiger partial charge in [-0.2, -0.15) is 5.10 Å². The van der Waals surface area contributed by atoms with Gasteiger partial charge in [0.05, 0.1) is 12.8 Å². The number of nitrogens with one attached hydrogen (secondary N) is 2. The molecule has 9 heteroatoms. The zero-order chi connectivity index (χ0) is 28.2. The highest BCUT2D eigenvalue weighted by atomic mass is 35.5. The Morgan fingerprint density at radius 2 is 1.77 bits per heavy atom. The second-order valence-corrected chi connectivity index (χ2v) is 9.46. The van der Waals surface area contributed by atoms with E-state index in [9.17, 15) is 9.59 Å². The predicted molar refractivity (Wildman–Crippen MR) is 157 cm³/mol. The molecule has 0 saturated heterocycles. The van der Waals surface area contributed by atoms with E-state index in [2.05, 4.69) is 22.4 Å². The number of rotatable bonds is 13. The van der Waals surface area contributed by atoms with Crippen molar-refractivity contribution < 1.29 is 19.1 Å². The molecule has 0 aliphatic rings. The van der Waals surface area contributed by atoms with Gasteiger partial charge in [-0.3, -0.25) is 9.59 Å². The number of allylic oxidation sites excluding steroid dienone is 1. The van der Waals surface area contributed by atoms with Crippen LogP contribution in [0.25, 0.3) is 0 Å². The maximum absolute atomic E-state index is 12.2. The molecule has 7 nitrogen and oxygen atoms in total. The van der Waals surface area contributed by atoms with Gasteiger partial charge in [0.15, 0.2) is 11.5 Å². The lowest BCUT2D eigenvalue weighted by molar-refractivity contribution is -0.124. The van der Waals surface area contributed by atoms with Gasteiger partial charge in [-0.1, -0.05) is 53.5 Å². The summed E-state index contributed by atoms with van der Waals surface area (Å²) in [5, 5.41) is 7.93. The van der Waals surface area contributed by atoms with Gasteiger partial charge in [0.25, 0.3) is 0 Å². The lowest BCUT2D eigenvalue weighted by Gasteiger charge is -2.17. The van der Waals surface area contributed by atoms with E-state index in [0.29, 0.717) is 40.1 Å². The van der Waals surface area contributed by atoms with Crippen LogP contribution in [-0.4, -0.2) is 24.6 Å². The molecule has 39 heavy (non-hydrogen) atoms. The first-order valence-corrected chi connectivity index (χ1v) is 13.2. The van der Waals surface area contributed by atoms with Crippen LogP contribution in [0.5, 0.6) is 11.5 Å². The number of para-hydroxylation sites is 1. The predicted octanol–water partition coefficient (Wildman–Crippen LogP) is 6.88. The molecule has 0 aliphatic carbocycles. The fourth-order valence-corrected chi connectivity index (χ4v) is 4.13. The average Bonchev–Trinajstić information content (AvgIpc) is 2.90. The summed E-state index contributed by atoms with van der Waals surface area (Å²) >= 11 is 12.3. The van der Waals surface area contributed by atoms with Crippen molar-refractivity contribution in [2.45, 2.75) is 39.7 Å². The van der Waals surface area contributed by atoms with Crippen molar-refractivity contribution in [3.8, 4) is 11.5 Å². The number of aryl methyl sites for hydroxylation is 1. The number of hydrogen-bond acceptors (Lipinski definition) is 5. The first-order valence-electron chi connectivity index (χ1n) is 12.5. The second kappa shape index (κ2) is 15.0. The molecule has 0 heterocycles. The van der Waals surface area contributed by atoms with Crippen LogP contribution >= 0.6 is 23.2 Å². The van der Waals surface area contributed by atoms with Crippen molar-refractivity contribution in [3.63, 3.8) is 0 Å². The van der Waals surface area contributed by atoms with Crippen LogP contribution < -0.4 is 20.2 Å². The zero-order valence-electron chi connectivity index (χ0n) is 21.9. The van der Waals surface area contributed by atoms with Gasteiger partial charge in [0.1, 0.15) is 6.61 Å². The Hall–Kier alpha value is -3.81. The van der Waals surface area contributed by atoms with E-state index >= 15 is 0 Å². The highest BCUT2D eigenvalue weighted by Crippen LogP contribution is 2.35. The van der Waals surface area contributed by atoms with Crippen LogP contribution in [0, 0.1) is 6.92 Å². The van der Waals surface area contributed by atoms with Gasteiger partial charge >= 0.3 is 0 Å². The van der Waals surface area contributed by atoms with Crippen molar-refractivity contribution in [1.29, 1.82) is 0 Å². The van der Waals surface area contributed by atoms with E-state index in [1.807, 2.05) is 50.2 Å². The number of anilines is 1. The highest BCUT2D eigenvalue weighted by Gasteiger charge is 2.14. The number of benzene rings is 3. The summed E-state index contributed by atoms with van der Waals surface area (Å²) in [5.41, 5.74) is 6.47. The Morgan fingerprint density at radius 3 is 2.49 bits per heavy atom. The van der Waals surface area contributed by atoms with Gasteiger partial charge in [0, 0.05) is 39.7 Å². The Bertz CT molecular complexity index is 1360. The van der Waals surface area contributed by atoms with Crippen LogP contribution in [0.1, 0.15) is 42.0 Å². The topological polar surface area (TPSA) is 89.0 Å². The Morgan fingerprint density at radius 1 is 1.00 bits per heavy atom. The number of hydrazone groups is 1. The average molecular weight is 569 g/mol. The zero-order valence-corrected chi connectivity index (χ0v) is 23.4. The molecule has 204 valence electrons. The Balaban J connectivity index is 1.64. The van der Waals surface area contributed by atoms with Gasteiger partial charge in [-0.15, -0.1) is 6.58 Å². The highest BCUT2D eigenvalue weighted by molar-refractivity contribution is 6.35. The monoisotopic (exact) mass is 567 g/mol. The molecule has 3 rings (SSSR count).